The predicted octanol–water partition coefficient (Wildman–Crippen LogP) is 4.50. The molecule has 0 nitrogen and oxygen atoms in total. The molecule has 0 spiro atoms. The van der Waals surface area contributed by atoms with Crippen molar-refractivity contribution in [1.82, 2.24) is 0 Å². The molecule has 0 atom stereocenters. The van der Waals surface area contributed by atoms with E-state index in [0.29, 0.717) is 0 Å². The molecule has 0 aromatic heterocycles. The van der Waals surface area contributed by atoms with Crippen LogP contribution in [0.25, 0.3) is 0 Å². The van der Waals surface area contributed by atoms with E-state index in [1.54, 1.807) is 5.56 Å². The highest BCUT2D eigenvalue weighted by Gasteiger charge is 2.14. The van der Waals surface area contributed by atoms with E-state index in [2.05, 4.69) is 37.6 Å². The maximum Gasteiger partial charge on any atom is -0.0162 e. The first-order valence-electron chi connectivity index (χ1n) is 6.30. The minimum absolute atomic E-state index is 0.825. The first kappa shape index (κ1) is 10.7. The quantitative estimate of drug-likeness (QED) is 0.675. The second kappa shape index (κ2) is 5.34. The van der Waals surface area contributed by atoms with Crippen molar-refractivity contribution in [3.05, 3.63) is 41.8 Å². The zero-order chi connectivity index (χ0) is 10.5. The summed E-state index contributed by atoms with van der Waals surface area (Å²) in [6.45, 7) is 2.24. The summed E-state index contributed by atoms with van der Waals surface area (Å²) >= 11 is 0. The molecule has 0 amide bonds. The minimum Gasteiger partial charge on any atom is -0.0651 e. The summed E-state index contributed by atoms with van der Waals surface area (Å²) in [5.41, 5.74) is 3.05. The Morgan fingerprint density at radius 3 is 2.33 bits per heavy atom. The van der Waals surface area contributed by atoms with Crippen molar-refractivity contribution in [3.63, 3.8) is 0 Å². The molecule has 1 fully saturated rings. The van der Waals surface area contributed by atoms with Crippen LogP contribution in [0.2, 0.25) is 0 Å². The summed E-state index contributed by atoms with van der Waals surface area (Å²) in [6.07, 6.45) is 10.2. The Morgan fingerprint density at radius 1 is 1.07 bits per heavy atom. The van der Waals surface area contributed by atoms with Gasteiger partial charge in [0.25, 0.3) is 0 Å². The molecule has 0 heterocycles. The monoisotopic (exact) mass is 201 g/mol. The molecule has 1 aromatic rings. The van der Waals surface area contributed by atoms with Crippen LogP contribution < -0.4 is 0 Å². The van der Waals surface area contributed by atoms with Crippen LogP contribution in [0.4, 0.5) is 0 Å². The third kappa shape index (κ3) is 2.84. The molecule has 1 aromatic carbocycles. The number of benzene rings is 1. The molecule has 15 heavy (non-hydrogen) atoms. The van der Waals surface area contributed by atoms with Gasteiger partial charge in [-0.25, -0.2) is 0 Å². The Morgan fingerprint density at radius 2 is 1.73 bits per heavy atom. The van der Waals surface area contributed by atoms with Gasteiger partial charge in [0.1, 0.15) is 0 Å². The van der Waals surface area contributed by atoms with Crippen LogP contribution in [0.3, 0.4) is 0 Å². The molecule has 0 N–H and O–H groups in total. The van der Waals surface area contributed by atoms with Crippen LogP contribution in [-0.4, -0.2) is 0 Å². The SMILES string of the molecule is CCCc1ccc(C2CC[CH]CC2)cc1. The van der Waals surface area contributed by atoms with Gasteiger partial charge in [-0.2, -0.15) is 0 Å². The topological polar surface area (TPSA) is 0 Å². The Bertz CT molecular complexity index is 277. The van der Waals surface area contributed by atoms with Crippen LogP contribution in [0.5, 0.6) is 0 Å². The van der Waals surface area contributed by atoms with E-state index in [1.807, 2.05) is 0 Å². The van der Waals surface area contributed by atoms with Crippen LogP contribution >= 0.6 is 0 Å². The second-order valence-corrected chi connectivity index (χ2v) is 4.63. The molecule has 0 aliphatic heterocycles. The van der Waals surface area contributed by atoms with Crippen molar-refractivity contribution in [1.29, 1.82) is 0 Å². The molecule has 0 bridgehead atoms. The molecule has 2 rings (SSSR count). The fraction of sp³-hybridized carbons (Fsp3) is 0.533. The van der Waals surface area contributed by atoms with E-state index in [-0.39, 0.29) is 0 Å². The summed E-state index contributed by atoms with van der Waals surface area (Å²) in [5, 5.41) is 0. The van der Waals surface area contributed by atoms with Crippen molar-refractivity contribution in [3.8, 4) is 0 Å². The summed E-state index contributed by atoms with van der Waals surface area (Å²) in [4.78, 5) is 0. The zero-order valence-electron chi connectivity index (χ0n) is 9.71. The summed E-state index contributed by atoms with van der Waals surface area (Å²) in [6, 6.07) is 9.33. The Hall–Kier alpha value is -0.780. The van der Waals surface area contributed by atoms with E-state index < -0.39 is 0 Å². The zero-order valence-corrected chi connectivity index (χ0v) is 9.71. The lowest BCUT2D eigenvalue weighted by Gasteiger charge is -2.21. The van der Waals surface area contributed by atoms with Gasteiger partial charge in [-0.1, -0.05) is 37.6 Å². The standard InChI is InChI=1S/C15H21/c1-2-6-13-9-11-15(12-10-13)14-7-4-3-5-8-14/h3,9-12,14H,2,4-8H2,1H3. The van der Waals surface area contributed by atoms with E-state index >= 15 is 0 Å². The Balaban J connectivity index is 2.02. The first-order chi connectivity index (χ1) is 7.40. The molecular formula is C15H21. The van der Waals surface area contributed by atoms with Crippen molar-refractivity contribution in [2.24, 2.45) is 0 Å². The number of rotatable bonds is 3. The molecule has 1 aliphatic rings. The van der Waals surface area contributed by atoms with Crippen LogP contribution in [0.15, 0.2) is 24.3 Å². The number of hydrogen-bond acceptors (Lipinski definition) is 0. The first-order valence-corrected chi connectivity index (χ1v) is 6.30. The van der Waals surface area contributed by atoms with Gasteiger partial charge in [0.05, 0.1) is 0 Å². The molecule has 81 valence electrons. The minimum atomic E-state index is 0.825. The van der Waals surface area contributed by atoms with Gasteiger partial charge >= 0.3 is 0 Å². The van der Waals surface area contributed by atoms with E-state index in [1.165, 1.54) is 44.1 Å². The van der Waals surface area contributed by atoms with Gasteiger partial charge in [-0.05, 0) is 55.6 Å². The lowest BCUT2D eigenvalue weighted by Crippen LogP contribution is -2.04. The average molecular weight is 201 g/mol. The van der Waals surface area contributed by atoms with Gasteiger partial charge in [0, 0.05) is 0 Å². The fourth-order valence-corrected chi connectivity index (χ4v) is 2.51. The average Bonchev–Trinajstić information content (AvgIpc) is 2.32. The Labute approximate surface area is 93.7 Å². The highest BCUT2D eigenvalue weighted by molar-refractivity contribution is 5.26. The lowest BCUT2D eigenvalue weighted by molar-refractivity contribution is 0.512. The van der Waals surface area contributed by atoms with E-state index in [9.17, 15) is 0 Å². The molecule has 1 saturated carbocycles. The van der Waals surface area contributed by atoms with Crippen molar-refractivity contribution < 1.29 is 0 Å². The van der Waals surface area contributed by atoms with Gasteiger partial charge in [-0.3, -0.25) is 0 Å². The molecule has 0 unspecified atom stereocenters. The second-order valence-electron chi connectivity index (χ2n) is 4.63. The third-order valence-corrected chi connectivity index (χ3v) is 3.43. The van der Waals surface area contributed by atoms with Crippen molar-refractivity contribution in [2.45, 2.75) is 51.4 Å². The Kier molecular flexibility index (Phi) is 3.82. The van der Waals surface area contributed by atoms with Gasteiger partial charge in [0.15, 0.2) is 0 Å². The molecule has 0 heteroatoms. The van der Waals surface area contributed by atoms with E-state index in [4.69, 9.17) is 0 Å². The molecular weight excluding hydrogens is 180 g/mol. The third-order valence-electron chi connectivity index (χ3n) is 3.43. The van der Waals surface area contributed by atoms with Gasteiger partial charge in [-0.15, -0.1) is 0 Å². The fourth-order valence-electron chi connectivity index (χ4n) is 2.51. The maximum atomic E-state index is 2.43. The number of hydrogen-bond donors (Lipinski definition) is 0. The largest absolute Gasteiger partial charge is 0.0651 e. The van der Waals surface area contributed by atoms with Crippen molar-refractivity contribution >= 4 is 0 Å². The smallest absolute Gasteiger partial charge is 0.0162 e. The summed E-state index contributed by atoms with van der Waals surface area (Å²) in [5.74, 6) is 0.825. The molecule has 1 radical (unpaired) electrons. The van der Waals surface area contributed by atoms with E-state index in [0.717, 1.165) is 5.92 Å². The highest BCUT2D eigenvalue weighted by atomic mass is 14.2. The molecule has 0 saturated heterocycles. The van der Waals surface area contributed by atoms with Crippen molar-refractivity contribution in [2.75, 3.05) is 0 Å². The predicted molar refractivity (Wildman–Crippen MR) is 65.9 cm³/mol. The van der Waals surface area contributed by atoms with Crippen LogP contribution in [0.1, 0.15) is 56.1 Å². The molecule has 1 aliphatic carbocycles. The van der Waals surface area contributed by atoms with Crippen LogP contribution in [-0.2, 0) is 6.42 Å². The van der Waals surface area contributed by atoms with Crippen LogP contribution in [0, 0.1) is 6.42 Å². The number of aryl methyl sites for hydroxylation is 1. The highest BCUT2D eigenvalue weighted by Crippen LogP contribution is 2.32. The summed E-state index contributed by atoms with van der Waals surface area (Å²) in [7, 11) is 0. The van der Waals surface area contributed by atoms with Gasteiger partial charge in [0.2, 0.25) is 0 Å². The summed E-state index contributed by atoms with van der Waals surface area (Å²) < 4.78 is 0. The normalized spacial score (nSPS) is 17.9. The maximum absolute atomic E-state index is 2.43. The lowest BCUT2D eigenvalue weighted by atomic mass is 9.84. The van der Waals surface area contributed by atoms with Gasteiger partial charge < -0.3 is 0 Å².